The van der Waals surface area contributed by atoms with Crippen molar-refractivity contribution in [3.8, 4) is 0 Å². The summed E-state index contributed by atoms with van der Waals surface area (Å²) in [5.41, 5.74) is 0. The average Bonchev–Trinajstić information content (AvgIpc) is 3.46. The third-order valence-electron chi connectivity index (χ3n) is 15.8. The lowest BCUT2D eigenvalue weighted by molar-refractivity contribution is -0.167. The minimum Gasteiger partial charge on any atom is -0.462 e. The van der Waals surface area contributed by atoms with Crippen LogP contribution in [0, 0.1) is 0 Å². The lowest BCUT2D eigenvalue weighted by atomic mass is 10.0. The number of ether oxygens (including phenoxy) is 3. The second kappa shape index (κ2) is 68.6. The molecule has 0 aliphatic rings. The normalized spacial score (nSPS) is 12.4. The van der Waals surface area contributed by atoms with Gasteiger partial charge in [-0.3, -0.25) is 14.4 Å². The molecule has 0 bridgehead atoms. The van der Waals surface area contributed by atoms with Crippen molar-refractivity contribution < 1.29 is 28.6 Å². The second-order valence-electron chi connectivity index (χ2n) is 23.8. The fraction of sp³-hybridized carbons (Fsp3) is 0.824. The molecule has 0 rings (SSSR count). The minimum atomic E-state index is -0.789. The van der Waals surface area contributed by atoms with Crippen LogP contribution in [0.25, 0.3) is 0 Å². The lowest BCUT2D eigenvalue weighted by Crippen LogP contribution is -2.30. The Kier molecular flexibility index (Phi) is 66.1. The number of unbranched alkanes of at least 4 members (excludes halogenated alkanes) is 44. The summed E-state index contributed by atoms with van der Waals surface area (Å²) in [7, 11) is 0. The summed E-state index contributed by atoms with van der Waals surface area (Å²) < 4.78 is 16.9. The Morgan fingerprint density at radius 1 is 0.263 bits per heavy atom. The molecular formula is C74H134O6. The highest BCUT2D eigenvalue weighted by molar-refractivity contribution is 5.71. The largest absolute Gasteiger partial charge is 0.462 e. The average molecular weight is 1120 g/mol. The van der Waals surface area contributed by atoms with Gasteiger partial charge in [-0.05, 0) is 83.5 Å². The van der Waals surface area contributed by atoms with Crippen LogP contribution in [0.5, 0.6) is 0 Å². The number of hydrogen-bond donors (Lipinski definition) is 0. The van der Waals surface area contributed by atoms with Gasteiger partial charge >= 0.3 is 17.9 Å². The summed E-state index contributed by atoms with van der Waals surface area (Å²) in [6, 6.07) is 0. The highest BCUT2D eigenvalue weighted by atomic mass is 16.6. The van der Waals surface area contributed by atoms with Gasteiger partial charge in [-0.25, -0.2) is 0 Å². The van der Waals surface area contributed by atoms with Crippen LogP contribution in [-0.2, 0) is 28.6 Å². The van der Waals surface area contributed by atoms with Crippen molar-refractivity contribution in [2.24, 2.45) is 0 Å². The fourth-order valence-corrected chi connectivity index (χ4v) is 10.5. The van der Waals surface area contributed by atoms with Crippen molar-refractivity contribution >= 4 is 17.9 Å². The van der Waals surface area contributed by atoms with Gasteiger partial charge in [-0.2, -0.15) is 0 Å². The van der Waals surface area contributed by atoms with E-state index in [1.54, 1.807) is 0 Å². The Hall–Kier alpha value is -2.89. The highest BCUT2D eigenvalue weighted by Gasteiger charge is 2.19. The van der Waals surface area contributed by atoms with Gasteiger partial charge in [-0.1, -0.05) is 332 Å². The Labute approximate surface area is 498 Å². The van der Waals surface area contributed by atoms with Crippen LogP contribution in [0.2, 0.25) is 0 Å². The molecule has 0 aliphatic carbocycles. The molecule has 0 fully saturated rings. The van der Waals surface area contributed by atoms with Crippen LogP contribution >= 0.6 is 0 Å². The van der Waals surface area contributed by atoms with Crippen LogP contribution in [-0.4, -0.2) is 37.2 Å². The van der Waals surface area contributed by atoms with Crippen molar-refractivity contribution in [1.82, 2.24) is 0 Å². The van der Waals surface area contributed by atoms with Crippen molar-refractivity contribution in [2.75, 3.05) is 13.2 Å². The third-order valence-corrected chi connectivity index (χ3v) is 15.8. The smallest absolute Gasteiger partial charge is 0.306 e. The first-order chi connectivity index (χ1) is 39.5. The summed E-state index contributed by atoms with van der Waals surface area (Å²) in [5.74, 6) is -0.895. The summed E-state index contributed by atoms with van der Waals surface area (Å²) in [6.07, 6.45) is 88.4. The molecule has 0 radical (unpaired) electrons. The predicted octanol–water partition coefficient (Wildman–Crippen LogP) is 24.3. The van der Waals surface area contributed by atoms with Crippen molar-refractivity contribution in [2.45, 2.75) is 380 Å². The first kappa shape index (κ1) is 77.1. The molecule has 80 heavy (non-hydrogen) atoms. The van der Waals surface area contributed by atoms with Gasteiger partial charge in [-0.15, -0.1) is 0 Å². The summed E-state index contributed by atoms with van der Waals surface area (Å²) in [6.45, 7) is 6.53. The zero-order valence-electron chi connectivity index (χ0n) is 53.6. The van der Waals surface area contributed by atoms with Crippen molar-refractivity contribution in [1.29, 1.82) is 0 Å². The van der Waals surface area contributed by atoms with E-state index in [1.165, 1.54) is 218 Å². The number of rotatable bonds is 65. The van der Waals surface area contributed by atoms with Crippen LogP contribution in [0.15, 0.2) is 60.8 Å². The number of allylic oxidation sites excluding steroid dienone is 10. The van der Waals surface area contributed by atoms with Gasteiger partial charge in [0.1, 0.15) is 13.2 Å². The van der Waals surface area contributed by atoms with Crippen LogP contribution in [0.3, 0.4) is 0 Å². The molecule has 6 heteroatoms. The Morgan fingerprint density at radius 2 is 0.487 bits per heavy atom. The van der Waals surface area contributed by atoms with Gasteiger partial charge in [0.2, 0.25) is 0 Å². The van der Waals surface area contributed by atoms with Crippen molar-refractivity contribution in [3.63, 3.8) is 0 Å². The maximum absolute atomic E-state index is 12.9. The summed E-state index contributed by atoms with van der Waals surface area (Å²) in [4.78, 5) is 38.3. The van der Waals surface area contributed by atoms with E-state index in [0.29, 0.717) is 19.3 Å². The third kappa shape index (κ3) is 65.9. The van der Waals surface area contributed by atoms with Gasteiger partial charge in [0, 0.05) is 19.3 Å². The molecular weight excluding hydrogens is 985 g/mol. The Balaban J connectivity index is 4.14. The van der Waals surface area contributed by atoms with Gasteiger partial charge in [0.15, 0.2) is 6.10 Å². The first-order valence-electron chi connectivity index (χ1n) is 35.3. The van der Waals surface area contributed by atoms with Crippen LogP contribution < -0.4 is 0 Å². The monoisotopic (exact) mass is 1120 g/mol. The number of carbonyl (C=O) groups is 3. The second-order valence-corrected chi connectivity index (χ2v) is 23.8. The quantitative estimate of drug-likeness (QED) is 0.0261. The molecule has 1 atom stereocenters. The zero-order valence-corrected chi connectivity index (χ0v) is 53.6. The molecule has 466 valence electrons. The Bertz CT molecular complexity index is 1430. The van der Waals surface area contributed by atoms with E-state index in [2.05, 4.69) is 81.5 Å². The molecule has 0 saturated heterocycles. The maximum atomic E-state index is 12.9. The van der Waals surface area contributed by atoms with E-state index in [4.69, 9.17) is 14.2 Å². The SMILES string of the molecule is CC/C=C\C/C=C\C/C=C\CCCCCCCC(=O)OC(COC(=O)CCCCCCC/C=C\C/C=C\CCCCC)COC(=O)CCCCCCCCCCCCCCCCCCCCCCCCCCCCCCCCCC. The molecule has 0 aromatic rings. The maximum Gasteiger partial charge on any atom is 0.306 e. The van der Waals surface area contributed by atoms with Crippen LogP contribution in [0.4, 0.5) is 0 Å². The van der Waals surface area contributed by atoms with E-state index in [-0.39, 0.29) is 31.1 Å². The summed E-state index contributed by atoms with van der Waals surface area (Å²) >= 11 is 0. The minimum absolute atomic E-state index is 0.0829. The van der Waals surface area contributed by atoms with E-state index in [0.717, 1.165) is 116 Å². The number of esters is 3. The molecule has 6 nitrogen and oxygen atoms in total. The fourth-order valence-electron chi connectivity index (χ4n) is 10.5. The van der Waals surface area contributed by atoms with Gasteiger partial charge in [0.25, 0.3) is 0 Å². The van der Waals surface area contributed by atoms with Crippen LogP contribution in [0.1, 0.15) is 374 Å². The van der Waals surface area contributed by atoms with E-state index < -0.39 is 6.10 Å². The molecule has 0 aliphatic heterocycles. The predicted molar refractivity (Wildman–Crippen MR) is 348 cm³/mol. The number of hydrogen-bond acceptors (Lipinski definition) is 6. The molecule has 0 spiro atoms. The molecule has 0 heterocycles. The Morgan fingerprint density at radius 3 is 0.787 bits per heavy atom. The van der Waals surface area contributed by atoms with Crippen molar-refractivity contribution in [3.05, 3.63) is 60.8 Å². The van der Waals surface area contributed by atoms with E-state index >= 15 is 0 Å². The summed E-state index contributed by atoms with van der Waals surface area (Å²) in [5, 5.41) is 0. The standard InChI is InChI=1S/C74H134O6/c1-4-7-10-13-16-19-22-25-28-29-30-31-32-33-34-35-36-37-38-39-40-41-42-43-44-47-49-52-55-58-61-64-67-73(76)79-70-71(80-74(77)68-65-62-59-56-53-50-46-27-24-21-18-15-12-9-6-3)69-78-72(75)66-63-60-57-54-51-48-45-26-23-20-17-14-11-8-5-2/h9,12,17-18,20-21,26-27,45-46,71H,4-8,10-11,13-16,19,22-25,28-44,47-70H2,1-3H3/b12-9-,20-17-,21-18-,45-26-,46-27-. The highest BCUT2D eigenvalue weighted by Crippen LogP contribution is 2.18. The molecule has 0 amide bonds. The molecule has 0 saturated carbocycles. The topological polar surface area (TPSA) is 78.9 Å². The molecule has 0 aromatic heterocycles. The van der Waals surface area contributed by atoms with E-state index in [1.807, 2.05) is 0 Å². The number of carbonyl (C=O) groups excluding carboxylic acids is 3. The van der Waals surface area contributed by atoms with E-state index in [9.17, 15) is 14.4 Å². The lowest BCUT2D eigenvalue weighted by Gasteiger charge is -2.18. The first-order valence-corrected chi connectivity index (χ1v) is 35.3. The van der Waals surface area contributed by atoms with Gasteiger partial charge < -0.3 is 14.2 Å². The van der Waals surface area contributed by atoms with Gasteiger partial charge in [0.05, 0.1) is 0 Å². The molecule has 0 N–H and O–H groups in total. The zero-order chi connectivity index (χ0) is 57.8. The molecule has 1 unspecified atom stereocenters. The molecule has 0 aromatic carbocycles.